The van der Waals surface area contributed by atoms with Crippen LogP contribution < -0.4 is 5.32 Å². The van der Waals surface area contributed by atoms with Gasteiger partial charge in [0.25, 0.3) is 0 Å². The summed E-state index contributed by atoms with van der Waals surface area (Å²) in [5, 5.41) is 12.0. The van der Waals surface area contributed by atoms with Crippen LogP contribution in [0.5, 0.6) is 0 Å². The number of fused-ring (bicyclic) bond motifs is 1. The van der Waals surface area contributed by atoms with Gasteiger partial charge >= 0.3 is 0 Å². The Bertz CT molecular complexity index is 945. The summed E-state index contributed by atoms with van der Waals surface area (Å²) < 4.78 is 7.96. The lowest BCUT2D eigenvalue weighted by atomic mass is 10.1. The Labute approximate surface area is 194 Å². The summed E-state index contributed by atoms with van der Waals surface area (Å²) in [7, 11) is 1.84. The topological polar surface area (TPSA) is 67.0 Å². The molecule has 7 nitrogen and oxygen atoms in total. The summed E-state index contributed by atoms with van der Waals surface area (Å²) in [4.78, 5) is 6.78. The highest BCUT2D eigenvalue weighted by Gasteiger charge is 2.25. The highest BCUT2D eigenvalue weighted by Crippen LogP contribution is 2.17. The van der Waals surface area contributed by atoms with Crippen LogP contribution in [0.3, 0.4) is 0 Å². The van der Waals surface area contributed by atoms with Crippen molar-refractivity contribution in [1.82, 2.24) is 24.8 Å². The van der Waals surface area contributed by atoms with Crippen molar-refractivity contribution in [2.24, 2.45) is 10.9 Å². The van der Waals surface area contributed by atoms with Crippen molar-refractivity contribution >= 4 is 35.6 Å². The SMILES string of the molecule is CN=C(NCCc1nnc2ccccn12)N1CCC(COCc2ccccc2)C1.I. The molecule has 1 aliphatic heterocycles. The summed E-state index contributed by atoms with van der Waals surface area (Å²) in [6.07, 6.45) is 3.92. The van der Waals surface area contributed by atoms with E-state index in [1.54, 1.807) is 0 Å². The number of aliphatic imine (C=N–C) groups is 1. The third-order valence-corrected chi connectivity index (χ3v) is 5.28. The number of rotatable bonds is 7. The van der Waals surface area contributed by atoms with E-state index < -0.39 is 0 Å². The van der Waals surface area contributed by atoms with E-state index in [-0.39, 0.29) is 24.0 Å². The van der Waals surface area contributed by atoms with Crippen LogP contribution in [0.15, 0.2) is 59.7 Å². The predicted molar refractivity (Wildman–Crippen MR) is 129 cm³/mol. The van der Waals surface area contributed by atoms with Gasteiger partial charge in [0.2, 0.25) is 0 Å². The van der Waals surface area contributed by atoms with Crippen molar-refractivity contribution < 1.29 is 4.74 Å². The minimum absolute atomic E-state index is 0. The summed E-state index contributed by atoms with van der Waals surface area (Å²) in [6.45, 7) is 4.22. The molecule has 2 aromatic heterocycles. The third kappa shape index (κ3) is 5.69. The molecule has 4 rings (SSSR count). The maximum absolute atomic E-state index is 5.93. The number of halogens is 1. The number of guanidine groups is 1. The van der Waals surface area contributed by atoms with Gasteiger partial charge in [0.05, 0.1) is 13.2 Å². The molecule has 3 heterocycles. The van der Waals surface area contributed by atoms with Crippen molar-refractivity contribution in [2.75, 3.05) is 33.3 Å². The van der Waals surface area contributed by atoms with Crippen molar-refractivity contribution in [3.8, 4) is 0 Å². The van der Waals surface area contributed by atoms with Gasteiger partial charge in [-0.3, -0.25) is 9.39 Å². The monoisotopic (exact) mass is 520 g/mol. The molecule has 0 radical (unpaired) electrons. The van der Waals surface area contributed by atoms with Crippen LogP contribution in [0.2, 0.25) is 0 Å². The quantitative estimate of drug-likeness (QED) is 0.295. The Morgan fingerprint density at radius 2 is 2.00 bits per heavy atom. The van der Waals surface area contributed by atoms with Gasteiger partial charge in [0.1, 0.15) is 5.82 Å². The van der Waals surface area contributed by atoms with Gasteiger partial charge in [-0.2, -0.15) is 0 Å². The van der Waals surface area contributed by atoms with Gasteiger partial charge in [0, 0.05) is 45.2 Å². The highest BCUT2D eigenvalue weighted by molar-refractivity contribution is 14.0. The Hall–Kier alpha value is -2.20. The van der Waals surface area contributed by atoms with Gasteiger partial charge in [0.15, 0.2) is 11.6 Å². The fourth-order valence-corrected chi connectivity index (χ4v) is 3.76. The molecule has 0 saturated carbocycles. The van der Waals surface area contributed by atoms with E-state index in [0.29, 0.717) is 12.5 Å². The molecule has 1 unspecified atom stereocenters. The highest BCUT2D eigenvalue weighted by atomic mass is 127. The smallest absolute Gasteiger partial charge is 0.193 e. The predicted octanol–water partition coefficient (Wildman–Crippen LogP) is 3.00. The molecule has 30 heavy (non-hydrogen) atoms. The zero-order valence-corrected chi connectivity index (χ0v) is 19.6. The fraction of sp³-hybridized carbons (Fsp3) is 0.409. The van der Waals surface area contributed by atoms with Gasteiger partial charge in [-0.05, 0) is 24.1 Å². The number of likely N-dealkylation sites (tertiary alicyclic amines) is 1. The molecule has 1 N–H and O–H groups in total. The molecule has 1 fully saturated rings. The van der Waals surface area contributed by atoms with E-state index in [1.807, 2.05) is 54.0 Å². The third-order valence-electron chi connectivity index (χ3n) is 5.28. The van der Waals surface area contributed by atoms with Crippen molar-refractivity contribution in [3.63, 3.8) is 0 Å². The summed E-state index contributed by atoms with van der Waals surface area (Å²) in [5.74, 6) is 2.44. The zero-order valence-electron chi connectivity index (χ0n) is 17.3. The number of benzene rings is 1. The van der Waals surface area contributed by atoms with E-state index in [0.717, 1.165) is 56.5 Å². The lowest BCUT2D eigenvalue weighted by Gasteiger charge is -2.21. The first-order valence-electron chi connectivity index (χ1n) is 10.2. The second-order valence-electron chi connectivity index (χ2n) is 7.37. The van der Waals surface area contributed by atoms with Crippen LogP contribution in [0.25, 0.3) is 5.65 Å². The Balaban J connectivity index is 0.00000256. The summed E-state index contributed by atoms with van der Waals surface area (Å²) in [5.41, 5.74) is 2.10. The minimum atomic E-state index is 0. The molecule has 8 heteroatoms. The number of nitrogens with one attached hydrogen (secondary N) is 1. The first-order chi connectivity index (χ1) is 14.3. The molecular weight excluding hydrogens is 491 g/mol. The average molecular weight is 520 g/mol. The van der Waals surface area contributed by atoms with Crippen LogP contribution in [0, 0.1) is 5.92 Å². The minimum Gasteiger partial charge on any atom is -0.376 e. The Kier molecular flexibility index (Phi) is 8.44. The molecule has 1 aliphatic rings. The molecule has 0 aliphatic carbocycles. The molecule has 0 bridgehead atoms. The van der Waals surface area contributed by atoms with Crippen LogP contribution >= 0.6 is 24.0 Å². The average Bonchev–Trinajstić information content (AvgIpc) is 3.39. The van der Waals surface area contributed by atoms with E-state index in [4.69, 9.17) is 4.74 Å². The van der Waals surface area contributed by atoms with Crippen LogP contribution in [0.1, 0.15) is 17.8 Å². The maximum atomic E-state index is 5.93. The number of pyridine rings is 1. The first-order valence-corrected chi connectivity index (χ1v) is 10.2. The summed E-state index contributed by atoms with van der Waals surface area (Å²) in [6, 6.07) is 16.3. The van der Waals surface area contributed by atoms with Gasteiger partial charge in [-0.1, -0.05) is 36.4 Å². The van der Waals surface area contributed by atoms with E-state index in [2.05, 4.69) is 37.5 Å². The van der Waals surface area contributed by atoms with E-state index in [9.17, 15) is 0 Å². The van der Waals surface area contributed by atoms with Gasteiger partial charge in [-0.15, -0.1) is 34.2 Å². The second-order valence-corrected chi connectivity index (χ2v) is 7.37. The van der Waals surface area contributed by atoms with Crippen molar-refractivity contribution in [1.29, 1.82) is 0 Å². The molecule has 1 atom stereocenters. The van der Waals surface area contributed by atoms with Crippen LogP contribution in [0.4, 0.5) is 0 Å². The van der Waals surface area contributed by atoms with Crippen molar-refractivity contribution in [3.05, 3.63) is 66.1 Å². The Morgan fingerprint density at radius 3 is 2.83 bits per heavy atom. The normalized spacial score (nSPS) is 16.6. The number of aromatic nitrogens is 3. The lowest BCUT2D eigenvalue weighted by Crippen LogP contribution is -2.41. The number of hydrogen-bond acceptors (Lipinski definition) is 4. The zero-order chi connectivity index (χ0) is 19.9. The van der Waals surface area contributed by atoms with Crippen LogP contribution in [-0.2, 0) is 17.8 Å². The summed E-state index contributed by atoms with van der Waals surface area (Å²) >= 11 is 0. The standard InChI is InChI=1S/C22H28N6O.HI/c1-23-22(24-12-10-21-26-25-20-9-5-6-13-28(20)21)27-14-11-19(15-27)17-29-16-18-7-3-2-4-8-18;/h2-9,13,19H,10-12,14-17H2,1H3,(H,23,24);1H. The lowest BCUT2D eigenvalue weighted by molar-refractivity contribution is 0.0907. The maximum Gasteiger partial charge on any atom is 0.193 e. The fourth-order valence-electron chi connectivity index (χ4n) is 3.76. The molecule has 3 aromatic rings. The molecule has 0 spiro atoms. The molecule has 1 aromatic carbocycles. The largest absolute Gasteiger partial charge is 0.376 e. The molecular formula is C22H29IN6O. The second kappa shape index (κ2) is 11.3. The molecule has 0 amide bonds. The number of ether oxygens (including phenoxy) is 1. The Morgan fingerprint density at radius 1 is 1.17 bits per heavy atom. The van der Waals surface area contributed by atoms with Crippen molar-refractivity contribution in [2.45, 2.75) is 19.4 Å². The van der Waals surface area contributed by atoms with Gasteiger partial charge in [-0.25, -0.2) is 0 Å². The molecule has 160 valence electrons. The van der Waals surface area contributed by atoms with E-state index in [1.165, 1.54) is 5.56 Å². The number of nitrogens with zero attached hydrogens (tertiary/aromatic N) is 5. The molecule has 1 saturated heterocycles. The first kappa shape index (κ1) is 22.5. The van der Waals surface area contributed by atoms with E-state index >= 15 is 0 Å². The van der Waals surface area contributed by atoms with Gasteiger partial charge < -0.3 is 15.0 Å². The number of hydrogen-bond donors (Lipinski definition) is 1. The van der Waals surface area contributed by atoms with Crippen LogP contribution in [-0.4, -0.2) is 58.7 Å².